The second-order valence-electron chi connectivity index (χ2n) is 5.18. The van der Waals surface area contributed by atoms with Gasteiger partial charge >= 0.3 is 5.97 Å². The normalized spacial score (nSPS) is 15.4. The summed E-state index contributed by atoms with van der Waals surface area (Å²) < 4.78 is 2.02. The molecule has 0 atom stereocenters. The molecule has 0 amide bonds. The fourth-order valence-electron chi connectivity index (χ4n) is 2.77. The van der Waals surface area contributed by atoms with E-state index in [4.69, 9.17) is 5.11 Å². The van der Waals surface area contributed by atoms with Gasteiger partial charge in [0.05, 0.1) is 5.75 Å². The van der Waals surface area contributed by atoms with Crippen LogP contribution in [0.2, 0.25) is 0 Å². The Morgan fingerprint density at radius 1 is 1.24 bits per heavy atom. The zero-order valence-corrected chi connectivity index (χ0v) is 12.4. The molecule has 3 rings (SSSR count). The molecule has 21 heavy (non-hydrogen) atoms. The summed E-state index contributed by atoms with van der Waals surface area (Å²) >= 11 is 1.22. The molecule has 110 valence electrons. The first-order valence-corrected chi connectivity index (χ1v) is 8.09. The summed E-state index contributed by atoms with van der Waals surface area (Å²) in [5.74, 6) is 0.545. The summed E-state index contributed by atoms with van der Waals surface area (Å²) in [5.41, 5.74) is 0.997. The van der Waals surface area contributed by atoms with Crippen molar-refractivity contribution in [3.05, 3.63) is 36.2 Å². The third kappa shape index (κ3) is 3.10. The molecule has 1 aliphatic carbocycles. The molecule has 0 aliphatic heterocycles. The van der Waals surface area contributed by atoms with E-state index < -0.39 is 5.97 Å². The molecule has 1 fully saturated rings. The summed E-state index contributed by atoms with van der Waals surface area (Å²) in [4.78, 5) is 10.8. The van der Waals surface area contributed by atoms with E-state index in [0.717, 1.165) is 24.4 Å². The van der Waals surface area contributed by atoms with Gasteiger partial charge in [-0.25, -0.2) is 0 Å². The standard InChI is InChI=1S/C15H17N3O2S/c19-13(20)10-21-15-17-16-14(11-6-4-5-7-11)18(15)12-8-2-1-3-9-12/h1-3,8-9,11H,4-7,10H2,(H,19,20). The molecule has 1 aromatic heterocycles. The molecule has 6 heteroatoms. The predicted molar refractivity (Wildman–Crippen MR) is 80.9 cm³/mol. The van der Waals surface area contributed by atoms with Gasteiger partial charge in [0, 0.05) is 11.6 Å². The summed E-state index contributed by atoms with van der Waals surface area (Å²) in [6.07, 6.45) is 4.72. The van der Waals surface area contributed by atoms with Crippen molar-refractivity contribution in [3.8, 4) is 5.69 Å². The molecular formula is C15H17N3O2S. The Labute approximate surface area is 127 Å². The number of nitrogens with zero attached hydrogens (tertiary/aromatic N) is 3. The smallest absolute Gasteiger partial charge is 0.313 e. The Morgan fingerprint density at radius 3 is 2.62 bits per heavy atom. The van der Waals surface area contributed by atoms with Gasteiger partial charge in [-0.2, -0.15) is 0 Å². The minimum absolute atomic E-state index is 0.00433. The quantitative estimate of drug-likeness (QED) is 0.860. The number of carbonyl (C=O) groups is 1. The van der Waals surface area contributed by atoms with E-state index in [-0.39, 0.29) is 5.75 Å². The molecule has 0 saturated heterocycles. The minimum atomic E-state index is -0.843. The SMILES string of the molecule is O=C(O)CSc1nnc(C2CCCC2)n1-c1ccccc1. The van der Waals surface area contributed by atoms with Crippen molar-refractivity contribution in [3.63, 3.8) is 0 Å². The van der Waals surface area contributed by atoms with E-state index in [1.54, 1.807) is 0 Å². The summed E-state index contributed by atoms with van der Waals surface area (Å²) in [7, 11) is 0. The van der Waals surface area contributed by atoms with E-state index in [2.05, 4.69) is 10.2 Å². The van der Waals surface area contributed by atoms with Crippen molar-refractivity contribution < 1.29 is 9.90 Å². The molecule has 0 radical (unpaired) electrons. The zero-order valence-electron chi connectivity index (χ0n) is 11.6. The molecule has 1 aromatic carbocycles. The lowest BCUT2D eigenvalue weighted by atomic mass is 10.1. The molecular weight excluding hydrogens is 286 g/mol. The number of carboxylic acids is 1. The highest BCUT2D eigenvalue weighted by Gasteiger charge is 2.25. The Balaban J connectivity index is 1.98. The van der Waals surface area contributed by atoms with Gasteiger partial charge in [-0.1, -0.05) is 42.8 Å². The number of hydrogen-bond donors (Lipinski definition) is 1. The first-order chi connectivity index (χ1) is 10.3. The maximum absolute atomic E-state index is 10.8. The van der Waals surface area contributed by atoms with Gasteiger partial charge in [-0.05, 0) is 25.0 Å². The van der Waals surface area contributed by atoms with Crippen molar-refractivity contribution in [2.45, 2.75) is 36.8 Å². The van der Waals surface area contributed by atoms with Crippen molar-refractivity contribution in [1.82, 2.24) is 14.8 Å². The zero-order chi connectivity index (χ0) is 14.7. The summed E-state index contributed by atoms with van der Waals surface area (Å²) in [5, 5.41) is 18.1. The average Bonchev–Trinajstić information content (AvgIpc) is 3.15. The highest BCUT2D eigenvalue weighted by Crippen LogP contribution is 2.35. The third-order valence-electron chi connectivity index (χ3n) is 3.72. The van der Waals surface area contributed by atoms with Crippen molar-refractivity contribution in [2.75, 3.05) is 5.75 Å². The van der Waals surface area contributed by atoms with Crippen LogP contribution in [0.5, 0.6) is 0 Å². The molecule has 0 bridgehead atoms. The molecule has 1 heterocycles. The molecule has 0 unspecified atom stereocenters. The molecule has 1 aliphatic rings. The number of hydrogen-bond acceptors (Lipinski definition) is 4. The lowest BCUT2D eigenvalue weighted by Gasteiger charge is -2.13. The van der Waals surface area contributed by atoms with Gasteiger partial charge < -0.3 is 5.11 Å². The lowest BCUT2D eigenvalue weighted by Crippen LogP contribution is -2.07. The van der Waals surface area contributed by atoms with Crippen LogP contribution in [-0.4, -0.2) is 31.6 Å². The second-order valence-corrected chi connectivity index (χ2v) is 6.12. The van der Waals surface area contributed by atoms with E-state index in [0.29, 0.717) is 11.1 Å². The Kier molecular flexibility index (Phi) is 4.24. The van der Waals surface area contributed by atoms with Crippen LogP contribution in [0.4, 0.5) is 0 Å². The topological polar surface area (TPSA) is 68.0 Å². The average molecular weight is 303 g/mol. The Bertz CT molecular complexity index is 621. The number of carboxylic acid groups (broad SMARTS) is 1. The van der Waals surface area contributed by atoms with Crippen molar-refractivity contribution >= 4 is 17.7 Å². The molecule has 5 nitrogen and oxygen atoms in total. The van der Waals surface area contributed by atoms with Crippen molar-refractivity contribution in [1.29, 1.82) is 0 Å². The number of para-hydroxylation sites is 1. The van der Waals surface area contributed by atoms with Crippen LogP contribution in [0.3, 0.4) is 0 Å². The largest absolute Gasteiger partial charge is 0.481 e. The fourth-order valence-corrected chi connectivity index (χ4v) is 3.45. The number of benzene rings is 1. The van der Waals surface area contributed by atoms with Gasteiger partial charge in [0.15, 0.2) is 5.16 Å². The van der Waals surface area contributed by atoms with Crippen LogP contribution in [-0.2, 0) is 4.79 Å². The van der Waals surface area contributed by atoms with Gasteiger partial charge in [0.25, 0.3) is 0 Å². The third-order valence-corrected chi connectivity index (χ3v) is 4.63. The summed E-state index contributed by atoms with van der Waals surface area (Å²) in [6, 6.07) is 9.92. The van der Waals surface area contributed by atoms with E-state index >= 15 is 0 Å². The molecule has 0 spiro atoms. The van der Waals surface area contributed by atoms with Gasteiger partial charge in [0.2, 0.25) is 0 Å². The fraction of sp³-hybridized carbons (Fsp3) is 0.400. The highest BCUT2D eigenvalue weighted by molar-refractivity contribution is 7.99. The van der Waals surface area contributed by atoms with Crippen LogP contribution in [0.1, 0.15) is 37.4 Å². The van der Waals surface area contributed by atoms with Crippen LogP contribution < -0.4 is 0 Å². The predicted octanol–water partition coefficient (Wildman–Crippen LogP) is 3.10. The van der Waals surface area contributed by atoms with Crippen LogP contribution in [0, 0.1) is 0 Å². The summed E-state index contributed by atoms with van der Waals surface area (Å²) in [6.45, 7) is 0. The highest BCUT2D eigenvalue weighted by atomic mass is 32.2. The lowest BCUT2D eigenvalue weighted by molar-refractivity contribution is -0.133. The number of thioether (sulfide) groups is 1. The van der Waals surface area contributed by atoms with E-state index in [9.17, 15) is 4.79 Å². The monoisotopic (exact) mass is 303 g/mol. The molecule has 1 N–H and O–H groups in total. The van der Waals surface area contributed by atoms with Gasteiger partial charge in [-0.15, -0.1) is 10.2 Å². The van der Waals surface area contributed by atoms with E-state index in [1.807, 2.05) is 34.9 Å². The van der Waals surface area contributed by atoms with Crippen LogP contribution >= 0.6 is 11.8 Å². The minimum Gasteiger partial charge on any atom is -0.481 e. The Hall–Kier alpha value is -1.82. The molecule has 1 saturated carbocycles. The maximum Gasteiger partial charge on any atom is 0.313 e. The van der Waals surface area contributed by atoms with Crippen LogP contribution in [0.15, 0.2) is 35.5 Å². The van der Waals surface area contributed by atoms with Gasteiger partial charge in [-0.3, -0.25) is 9.36 Å². The van der Waals surface area contributed by atoms with Gasteiger partial charge in [0.1, 0.15) is 5.82 Å². The first-order valence-electron chi connectivity index (χ1n) is 7.11. The first kappa shape index (κ1) is 14.1. The maximum atomic E-state index is 10.8. The Morgan fingerprint density at radius 2 is 1.95 bits per heavy atom. The second kappa shape index (κ2) is 6.30. The molecule has 2 aromatic rings. The number of aliphatic carboxylic acids is 1. The van der Waals surface area contributed by atoms with Crippen molar-refractivity contribution in [2.24, 2.45) is 0 Å². The number of rotatable bonds is 5. The van der Waals surface area contributed by atoms with Crippen LogP contribution in [0.25, 0.3) is 5.69 Å². The number of aromatic nitrogens is 3. The van der Waals surface area contributed by atoms with E-state index in [1.165, 1.54) is 24.6 Å².